The zero-order valence-electron chi connectivity index (χ0n) is 7.62. The lowest BCUT2D eigenvalue weighted by Crippen LogP contribution is -2.06. The molecule has 2 heteroatoms. The van der Waals surface area contributed by atoms with Crippen LogP contribution in [0.4, 0.5) is 0 Å². The van der Waals surface area contributed by atoms with Crippen molar-refractivity contribution in [3.8, 4) is 0 Å². The first-order chi connectivity index (χ1) is 6.77. The minimum Gasteiger partial charge on any atom is -0.0846 e. The topological polar surface area (TPSA) is 0 Å². The van der Waals surface area contributed by atoms with Crippen LogP contribution in [0.25, 0.3) is 0 Å². The average Bonchev–Trinajstić information content (AvgIpc) is 2.18. The summed E-state index contributed by atoms with van der Waals surface area (Å²) < 4.78 is 0. The summed E-state index contributed by atoms with van der Waals surface area (Å²) in [7, 11) is 0. The van der Waals surface area contributed by atoms with Crippen LogP contribution in [0.1, 0.15) is 12.8 Å². The van der Waals surface area contributed by atoms with E-state index in [1.807, 2.05) is 18.2 Å². The molecule has 69 valence electrons. The van der Waals surface area contributed by atoms with Gasteiger partial charge in [-0.2, -0.15) is 0 Å². The molecule has 0 heterocycles. The minimum atomic E-state index is 0.843. The van der Waals surface area contributed by atoms with Crippen molar-refractivity contribution in [3.05, 3.63) is 47.6 Å². The lowest BCUT2D eigenvalue weighted by Gasteiger charge is -2.13. The molecule has 2 aliphatic carbocycles. The molecule has 0 N–H and O–H groups in total. The first kappa shape index (κ1) is 9.69. The van der Waals surface area contributed by atoms with Gasteiger partial charge in [0, 0.05) is 28.1 Å². The maximum atomic E-state index is 5.28. The summed E-state index contributed by atoms with van der Waals surface area (Å²) in [6.07, 6.45) is 15.0. The molecular weight excluding hydrogens is 208 g/mol. The standard InChI is InChI=1S/C12H9S2/c13-10-5-3-4-9(8-10)11-6-1-2-7-12(11)14/h1-4,8H,5,7H2. The van der Waals surface area contributed by atoms with E-state index in [0.717, 1.165) is 33.7 Å². The van der Waals surface area contributed by atoms with E-state index in [1.165, 1.54) is 0 Å². The Morgan fingerprint density at radius 1 is 1.14 bits per heavy atom. The summed E-state index contributed by atoms with van der Waals surface area (Å²) in [5, 5.41) is 0. The van der Waals surface area contributed by atoms with Gasteiger partial charge in [-0.25, -0.2) is 0 Å². The maximum absolute atomic E-state index is 5.28. The van der Waals surface area contributed by atoms with Crippen LogP contribution >= 0.6 is 24.4 Å². The molecule has 14 heavy (non-hydrogen) atoms. The summed E-state index contributed by atoms with van der Waals surface area (Å²) in [6.45, 7) is 0. The fraction of sp³-hybridized carbons (Fsp3) is 0.167. The van der Waals surface area contributed by atoms with Crippen molar-refractivity contribution in [2.75, 3.05) is 0 Å². The Balaban J connectivity index is 2.35. The largest absolute Gasteiger partial charge is 0.0846 e. The van der Waals surface area contributed by atoms with Gasteiger partial charge < -0.3 is 0 Å². The van der Waals surface area contributed by atoms with E-state index in [-0.39, 0.29) is 0 Å². The number of thiocarbonyl (C=S) groups is 2. The van der Waals surface area contributed by atoms with Crippen molar-refractivity contribution in [1.29, 1.82) is 0 Å². The zero-order valence-corrected chi connectivity index (χ0v) is 9.25. The maximum Gasteiger partial charge on any atom is 0.0274 e. The van der Waals surface area contributed by atoms with Crippen LogP contribution in [0.3, 0.4) is 0 Å². The van der Waals surface area contributed by atoms with Crippen LogP contribution in [0.2, 0.25) is 0 Å². The molecular formula is C12H9S2. The first-order valence-electron chi connectivity index (χ1n) is 4.50. The number of hydrogen-bond acceptors (Lipinski definition) is 2. The van der Waals surface area contributed by atoms with Crippen LogP contribution < -0.4 is 0 Å². The van der Waals surface area contributed by atoms with Crippen molar-refractivity contribution in [2.24, 2.45) is 0 Å². The molecule has 0 atom stereocenters. The van der Waals surface area contributed by atoms with Gasteiger partial charge in [0.1, 0.15) is 0 Å². The third-order valence-electron chi connectivity index (χ3n) is 2.15. The molecule has 2 aliphatic rings. The molecule has 0 unspecified atom stereocenters. The Kier molecular flexibility index (Phi) is 2.85. The Hall–Kier alpha value is -0.860. The quantitative estimate of drug-likeness (QED) is 0.618. The van der Waals surface area contributed by atoms with Crippen LogP contribution in [0.5, 0.6) is 0 Å². The van der Waals surface area contributed by atoms with Gasteiger partial charge in [-0.05, 0) is 17.7 Å². The van der Waals surface area contributed by atoms with Gasteiger partial charge in [0.2, 0.25) is 0 Å². The van der Waals surface area contributed by atoms with Gasteiger partial charge >= 0.3 is 0 Å². The highest BCUT2D eigenvalue weighted by atomic mass is 32.1. The second-order valence-electron chi connectivity index (χ2n) is 3.22. The normalized spacial score (nSPS) is 20.9. The molecule has 0 aromatic heterocycles. The smallest absolute Gasteiger partial charge is 0.0274 e. The van der Waals surface area contributed by atoms with E-state index >= 15 is 0 Å². The lowest BCUT2D eigenvalue weighted by atomic mass is 9.93. The predicted octanol–water partition coefficient (Wildman–Crippen LogP) is 3.30. The second kappa shape index (κ2) is 4.11. The average molecular weight is 217 g/mol. The highest BCUT2D eigenvalue weighted by molar-refractivity contribution is 7.81. The highest BCUT2D eigenvalue weighted by Crippen LogP contribution is 2.22. The Labute approximate surface area is 94.7 Å². The number of rotatable bonds is 1. The summed E-state index contributed by atoms with van der Waals surface area (Å²) in [4.78, 5) is 1.92. The van der Waals surface area contributed by atoms with Crippen LogP contribution in [-0.2, 0) is 0 Å². The Bertz CT molecular complexity index is 406. The van der Waals surface area contributed by atoms with E-state index in [0.29, 0.717) is 0 Å². The Morgan fingerprint density at radius 3 is 2.71 bits per heavy atom. The summed E-state index contributed by atoms with van der Waals surface area (Å²) in [5.41, 5.74) is 2.14. The molecule has 0 saturated heterocycles. The highest BCUT2D eigenvalue weighted by Gasteiger charge is 2.12. The van der Waals surface area contributed by atoms with Crippen LogP contribution in [0.15, 0.2) is 41.5 Å². The van der Waals surface area contributed by atoms with Crippen LogP contribution in [-0.4, -0.2) is 9.73 Å². The van der Waals surface area contributed by atoms with E-state index in [4.69, 9.17) is 24.4 Å². The number of allylic oxidation sites excluding steroid dienone is 8. The first-order valence-corrected chi connectivity index (χ1v) is 5.32. The summed E-state index contributed by atoms with van der Waals surface area (Å²) in [5.74, 6) is 0. The van der Waals surface area contributed by atoms with Crippen molar-refractivity contribution in [3.63, 3.8) is 0 Å². The molecule has 0 aliphatic heterocycles. The minimum absolute atomic E-state index is 0.843. The van der Waals surface area contributed by atoms with Gasteiger partial charge in [-0.1, -0.05) is 48.7 Å². The molecule has 0 saturated carbocycles. The van der Waals surface area contributed by atoms with Gasteiger partial charge in [0.25, 0.3) is 0 Å². The molecule has 0 bridgehead atoms. The molecule has 0 fully saturated rings. The fourth-order valence-corrected chi connectivity index (χ4v) is 1.97. The van der Waals surface area contributed by atoms with Crippen LogP contribution in [0, 0.1) is 6.08 Å². The van der Waals surface area contributed by atoms with E-state index in [2.05, 4.69) is 18.2 Å². The van der Waals surface area contributed by atoms with Gasteiger partial charge in [0.15, 0.2) is 0 Å². The molecule has 2 rings (SSSR count). The zero-order chi connectivity index (χ0) is 9.97. The summed E-state index contributed by atoms with van der Waals surface area (Å²) in [6, 6.07) is 0. The van der Waals surface area contributed by atoms with Crippen molar-refractivity contribution in [1.82, 2.24) is 0 Å². The molecule has 0 nitrogen and oxygen atoms in total. The monoisotopic (exact) mass is 217 g/mol. The lowest BCUT2D eigenvalue weighted by molar-refractivity contribution is 1.39. The third kappa shape index (κ3) is 1.97. The van der Waals surface area contributed by atoms with E-state index in [1.54, 1.807) is 0 Å². The Morgan fingerprint density at radius 2 is 2.00 bits per heavy atom. The third-order valence-corrected chi connectivity index (χ3v) is 2.80. The molecule has 0 aromatic rings. The molecule has 1 radical (unpaired) electrons. The van der Waals surface area contributed by atoms with Gasteiger partial charge in [-0.15, -0.1) is 0 Å². The molecule has 0 amide bonds. The van der Waals surface area contributed by atoms with Crippen molar-refractivity contribution >= 4 is 34.2 Å². The molecule has 0 aromatic carbocycles. The summed E-state index contributed by atoms with van der Waals surface area (Å²) >= 11 is 10.4. The molecule has 0 spiro atoms. The van der Waals surface area contributed by atoms with Gasteiger partial charge in [0.05, 0.1) is 0 Å². The van der Waals surface area contributed by atoms with E-state index in [9.17, 15) is 0 Å². The second-order valence-corrected chi connectivity index (χ2v) is 4.24. The van der Waals surface area contributed by atoms with Crippen molar-refractivity contribution in [2.45, 2.75) is 12.8 Å². The van der Waals surface area contributed by atoms with Gasteiger partial charge in [-0.3, -0.25) is 0 Å². The predicted molar refractivity (Wildman–Crippen MR) is 67.5 cm³/mol. The van der Waals surface area contributed by atoms with Crippen molar-refractivity contribution < 1.29 is 0 Å². The van der Waals surface area contributed by atoms with E-state index < -0.39 is 0 Å². The SMILES string of the molecule is S=C1C=C(C2=[C]C=CCC2=S)C=CC1. The fourth-order valence-electron chi connectivity index (χ4n) is 1.47. The number of hydrogen-bond donors (Lipinski definition) is 0.